The van der Waals surface area contributed by atoms with Gasteiger partial charge in [-0.3, -0.25) is 18.6 Å². The lowest BCUT2D eigenvalue weighted by Gasteiger charge is -2.21. The van der Waals surface area contributed by atoms with E-state index in [1.54, 1.807) is 6.08 Å². The summed E-state index contributed by atoms with van der Waals surface area (Å²) in [4.78, 5) is 35.1. The Kier molecular flexibility index (Phi) is 33.1. The van der Waals surface area contributed by atoms with E-state index in [0.29, 0.717) is 25.7 Å². The number of rotatable bonds is 37. The molecule has 13 heteroatoms. The zero-order valence-electron chi connectivity index (χ0n) is 35.8. The van der Waals surface area contributed by atoms with Gasteiger partial charge in [0, 0.05) is 31.7 Å². The number of aliphatic hydroxyl groups excluding tert-OH is 3. The topological polar surface area (TPSA) is 195 Å². The summed E-state index contributed by atoms with van der Waals surface area (Å²) in [5, 5.41) is 31.4. The Bertz CT molecular complexity index is 1210. The maximum absolute atomic E-state index is 12.7. The molecule has 0 aromatic heterocycles. The third-order valence-electron chi connectivity index (χ3n) is 10.3. The Hall–Kier alpha value is -2.15. The predicted octanol–water partition coefficient (Wildman–Crippen LogP) is 9.10. The molecule has 1 saturated carbocycles. The van der Waals surface area contributed by atoms with Crippen molar-refractivity contribution in [3.63, 3.8) is 0 Å². The van der Waals surface area contributed by atoms with Gasteiger partial charge in [-0.2, -0.15) is 0 Å². The third-order valence-corrected chi connectivity index (χ3v) is 11.3. The second kappa shape index (κ2) is 35.6. The van der Waals surface area contributed by atoms with Crippen LogP contribution in [-0.4, -0.2) is 82.9 Å². The average Bonchev–Trinajstić information content (AvgIpc) is 3.47. The van der Waals surface area contributed by atoms with Crippen molar-refractivity contribution in [1.29, 1.82) is 0 Å². The van der Waals surface area contributed by atoms with Crippen molar-refractivity contribution in [2.24, 2.45) is 17.6 Å². The first-order chi connectivity index (χ1) is 28.0. The molecule has 12 nitrogen and oxygen atoms in total. The number of unbranched alkanes of at least 4 members (excludes halogenated alkanes) is 12. The largest absolute Gasteiger partial charge is 0.472 e. The summed E-state index contributed by atoms with van der Waals surface area (Å²) in [5.74, 6) is -1.30. The molecule has 1 fully saturated rings. The van der Waals surface area contributed by atoms with Crippen molar-refractivity contribution in [2.75, 3.05) is 26.4 Å². The number of aliphatic hydroxyl groups is 3. The number of hydrogen-bond donors (Lipinski definition) is 5. The van der Waals surface area contributed by atoms with Gasteiger partial charge in [0.15, 0.2) is 6.10 Å². The molecule has 1 unspecified atom stereocenters. The van der Waals surface area contributed by atoms with Crippen LogP contribution in [0.5, 0.6) is 0 Å². The minimum atomic E-state index is -4.45. The normalized spacial score (nSPS) is 20.7. The number of nitrogens with two attached hydrogens (primary N) is 1. The first-order valence-corrected chi connectivity index (χ1v) is 23.9. The first kappa shape index (κ1) is 53.9. The summed E-state index contributed by atoms with van der Waals surface area (Å²) >= 11 is 0. The van der Waals surface area contributed by atoms with Crippen LogP contribution in [0, 0.1) is 11.8 Å². The Morgan fingerprint density at radius 2 is 1.33 bits per heavy atom. The van der Waals surface area contributed by atoms with Crippen LogP contribution in [-0.2, 0) is 32.7 Å². The second-order valence-electron chi connectivity index (χ2n) is 15.5. The number of phosphoric ester groups is 1. The molecule has 58 heavy (non-hydrogen) atoms. The van der Waals surface area contributed by atoms with Crippen molar-refractivity contribution >= 4 is 19.8 Å². The smallest absolute Gasteiger partial charge is 0.462 e. The van der Waals surface area contributed by atoms with E-state index in [-0.39, 0.29) is 44.4 Å². The van der Waals surface area contributed by atoms with Crippen LogP contribution in [0.1, 0.15) is 162 Å². The molecule has 0 radical (unpaired) electrons. The lowest BCUT2D eigenvalue weighted by Crippen LogP contribution is -2.29. The first-order valence-electron chi connectivity index (χ1n) is 22.4. The van der Waals surface area contributed by atoms with Crippen LogP contribution < -0.4 is 5.73 Å². The Morgan fingerprint density at radius 3 is 1.98 bits per heavy atom. The number of carbonyl (C=O) groups is 2. The van der Waals surface area contributed by atoms with Gasteiger partial charge >= 0.3 is 19.8 Å². The Labute approximate surface area is 350 Å². The predicted molar refractivity (Wildman–Crippen MR) is 231 cm³/mol. The quantitative estimate of drug-likeness (QED) is 0.0173. The number of hydrogen-bond acceptors (Lipinski definition) is 11. The number of esters is 2. The van der Waals surface area contributed by atoms with Gasteiger partial charge in [0.2, 0.25) is 0 Å². The van der Waals surface area contributed by atoms with Crippen molar-refractivity contribution in [3.8, 4) is 0 Å². The summed E-state index contributed by atoms with van der Waals surface area (Å²) in [6, 6.07) is 0. The van der Waals surface area contributed by atoms with Gasteiger partial charge < -0.3 is 35.4 Å². The van der Waals surface area contributed by atoms with Crippen LogP contribution in [0.2, 0.25) is 0 Å². The maximum atomic E-state index is 12.7. The standard InChI is InChI=1S/C45H80NO11P/c1-3-5-7-8-9-10-11-12-13-14-15-16-17-18-19-20-25-29-44(50)54-36-39(37-56-58(52,53)55-34-33-46)57-45(51)30-26-22-21-24-28-40-41(43(49)35-42(40)48)32-31-38(47)27-23-6-4-2/h9-10,12-13,15-16,31-32,38-43,47-49H,3-8,11,14,17-30,33-37,46H2,1-2H3,(H,52,53)/b10-9-,13-12-,16-15-,32-31+/t38-,39+,40+,41+,42-,43+/m0/s1. The van der Waals surface area contributed by atoms with Crippen LogP contribution in [0.15, 0.2) is 48.6 Å². The molecule has 0 saturated heterocycles. The number of allylic oxidation sites excluding steroid dienone is 6. The van der Waals surface area contributed by atoms with Crippen molar-refractivity contribution in [1.82, 2.24) is 0 Å². The van der Waals surface area contributed by atoms with Gasteiger partial charge in [-0.05, 0) is 70.1 Å². The molecular formula is C45H80NO11P. The van der Waals surface area contributed by atoms with E-state index in [2.05, 4.69) is 50.3 Å². The highest BCUT2D eigenvalue weighted by atomic mass is 31.2. The molecule has 1 rings (SSSR count). The molecule has 6 N–H and O–H groups in total. The highest BCUT2D eigenvalue weighted by Crippen LogP contribution is 2.43. The van der Waals surface area contributed by atoms with Crippen LogP contribution in [0.25, 0.3) is 0 Å². The van der Waals surface area contributed by atoms with E-state index in [4.69, 9.17) is 24.3 Å². The fraction of sp³-hybridized carbons (Fsp3) is 0.778. The molecule has 0 bridgehead atoms. The molecule has 336 valence electrons. The summed E-state index contributed by atoms with van der Waals surface area (Å²) < 4.78 is 32.8. The highest BCUT2D eigenvalue weighted by molar-refractivity contribution is 7.47. The second-order valence-corrected chi connectivity index (χ2v) is 17.0. The summed E-state index contributed by atoms with van der Waals surface area (Å²) in [6.45, 7) is 3.33. The minimum absolute atomic E-state index is 0.0138. The summed E-state index contributed by atoms with van der Waals surface area (Å²) in [6.07, 6.45) is 33.4. The fourth-order valence-electron chi connectivity index (χ4n) is 6.91. The summed E-state index contributed by atoms with van der Waals surface area (Å²) in [7, 11) is -4.45. The number of carbonyl (C=O) groups excluding carboxylic acids is 2. The van der Waals surface area contributed by atoms with E-state index >= 15 is 0 Å². The van der Waals surface area contributed by atoms with Crippen LogP contribution in [0.3, 0.4) is 0 Å². The Morgan fingerprint density at radius 1 is 0.741 bits per heavy atom. The van der Waals surface area contributed by atoms with Crippen LogP contribution in [0.4, 0.5) is 0 Å². The van der Waals surface area contributed by atoms with Crippen molar-refractivity contribution in [2.45, 2.75) is 186 Å². The summed E-state index contributed by atoms with van der Waals surface area (Å²) in [5.41, 5.74) is 5.35. The lowest BCUT2D eigenvalue weighted by molar-refractivity contribution is -0.161. The molecule has 0 spiro atoms. The van der Waals surface area contributed by atoms with Gasteiger partial charge in [-0.1, -0.05) is 127 Å². The molecule has 0 heterocycles. The SMILES string of the molecule is CCCCC/C=C\C/C=C\C/C=C\CCCCCCC(=O)OC[C@H](COP(=O)(O)OCCN)OC(=O)CCCCCC[C@@H]1[C@@H](/C=C/[C@@H](O)CCCCC)[C@H](O)C[C@@H]1O. The molecule has 0 aromatic rings. The van der Waals surface area contributed by atoms with E-state index in [9.17, 15) is 34.4 Å². The number of ether oxygens (including phenoxy) is 2. The monoisotopic (exact) mass is 842 g/mol. The molecule has 0 aliphatic heterocycles. The van der Waals surface area contributed by atoms with Crippen molar-refractivity contribution < 1.29 is 52.9 Å². The highest BCUT2D eigenvalue weighted by Gasteiger charge is 2.39. The minimum Gasteiger partial charge on any atom is -0.462 e. The molecule has 7 atom stereocenters. The van der Waals surface area contributed by atoms with Gasteiger partial charge in [0.05, 0.1) is 31.5 Å². The van der Waals surface area contributed by atoms with E-state index < -0.39 is 50.8 Å². The van der Waals surface area contributed by atoms with Crippen molar-refractivity contribution in [3.05, 3.63) is 48.6 Å². The zero-order chi connectivity index (χ0) is 42.7. The molecule has 0 amide bonds. The van der Waals surface area contributed by atoms with Crippen LogP contribution >= 0.6 is 7.82 Å². The molecular weight excluding hydrogens is 761 g/mol. The lowest BCUT2D eigenvalue weighted by atomic mass is 9.88. The zero-order valence-corrected chi connectivity index (χ0v) is 36.7. The van der Waals surface area contributed by atoms with E-state index in [1.165, 1.54) is 19.3 Å². The maximum Gasteiger partial charge on any atom is 0.472 e. The van der Waals surface area contributed by atoms with E-state index in [0.717, 1.165) is 89.9 Å². The molecule has 1 aliphatic rings. The van der Waals surface area contributed by atoms with Gasteiger partial charge in [-0.25, -0.2) is 4.57 Å². The van der Waals surface area contributed by atoms with E-state index in [1.807, 2.05) is 6.08 Å². The van der Waals surface area contributed by atoms with Gasteiger partial charge in [0.25, 0.3) is 0 Å². The fourth-order valence-corrected chi connectivity index (χ4v) is 7.68. The van der Waals surface area contributed by atoms with Gasteiger partial charge in [0.1, 0.15) is 6.61 Å². The van der Waals surface area contributed by atoms with Gasteiger partial charge in [-0.15, -0.1) is 0 Å². The average molecular weight is 842 g/mol. The number of phosphoric acid groups is 1. The third kappa shape index (κ3) is 29.1. The molecule has 0 aromatic carbocycles. The Balaban J connectivity index is 2.39. The molecule has 1 aliphatic carbocycles.